The van der Waals surface area contributed by atoms with E-state index in [-0.39, 0.29) is 18.4 Å². The molecule has 40 heavy (non-hydrogen) atoms. The Morgan fingerprint density at radius 2 is 1.90 bits per heavy atom. The number of nitrogens with zero attached hydrogens (tertiary/aromatic N) is 3. The molecule has 210 valence electrons. The molecule has 0 saturated carbocycles. The molecule has 0 radical (unpaired) electrons. The molecule has 2 aromatic heterocycles. The lowest BCUT2D eigenvalue weighted by Crippen LogP contribution is -2.50. The predicted octanol–water partition coefficient (Wildman–Crippen LogP) is 7.15. The van der Waals surface area contributed by atoms with Crippen molar-refractivity contribution in [1.82, 2.24) is 19.6 Å². The molecule has 5 rings (SSSR count). The van der Waals surface area contributed by atoms with E-state index in [1.165, 1.54) is 6.07 Å². The summed E-state index contributed by atoms with van der Waals surface area (Å²) in [5.74, 6) is -0.0501. The molecule has 0 bridgehead atoms. The third-order valence-electron chi connectivity index (χ3n) is 6.96. The Labute approximate surface area is 234 Å². The standard InChI is InChI=1S/C30H31F3N4O2S/c1-29(2,3)35-27(39)36-13-12-23-22(19-6-4-7-20(16-19)30(31,32)33)10-11-24(25(23)18-36)26(38)9-5-8-21-17-37-14-15-40-28(37)34-21/h4,6-7,10-11,14-17H,5,8-9,12-13,18H2,1-3H3,(H,35,39). The number of thiazole rings is 1. The second kappa shape index (κ2) is 10.7. The number of urea groups is 1. The van der Waals surface area contributed by atoms with Gasteiger partial charge in [-0.05, 0) is 74.4 Å². The molecule has 4 aromatic rings. The van der Waals surface area contributed by atoms with E-state index >= 15 is 0 Å². The zero-order chi connectivity index (χ0) is 28.7. The van der Waals surface area contributed by atoms with Gasteiger partial charge in [0.25, 0.3) is 0 Å². The fourth-order valence-corrected chi connectivity index (χ4v) is 5.82. The average Bonchev–Trinajstić information content (AvgIpc) is 3.48. The summed E-state index contributed by atoms with van der Waals surface area (Å²) in [5, 5.41) is 4.93. The fraction of sp³-hybridized carbons (Fsp3) is 0.367. The summed E-state index contributed by atoms with van der Waals surface area (Å²) in [6, 6.07) is 8.46. The highest BCUT2D eigenvalue weighted by atomic mass is 32.1. The minimum absolute atomic E-state index is 0.0501. The molecule has 0 spiro atoms. The van der Waals surface area contributed by atoms with Crippen LogP contribution in [0.5, 0.6) is 0 Å². The monoisotopic (exact) mass is 568 g/mol. The molecule has 2 aromatic carbocycles. The van der Waals surface area contributed by atoms with E-state index in [1.807, 2.05) is 42.9 Å². The Morgan fingerprint density at radius 3 is 2.62 bits per heavy atom. The van der Waals surface area contributed by atoms with Crippen molar-refractivity contribution in [2.24, 2.45) is 0 Å². The zero-order valence-electron chi connectivity index (χ0n) is 22.6. The maximum atomic E-state index is 13.5. The summed E-state index contributed by atoms with van der Waals surface area (Å²) in [6.07, 6.45) is 1.46. The van der Waals surface area contributed by atoms with Crippen LogP contribution in [0.1, 0.15) is 66.4 Å². The number of aryl methyl sites for hydroxylation is 1. The van der Waals surface area contributed by atoms with E-state index in [1.54, 1.807) is 34.4 Å². The molecule has 3 heterocycles. The van der Waals surface area contributed by atoms with Gasteiger partial charge < -0.3 is 10.2 Å². The van der Waals surface area contributed by atoms with E-state index in [9.17, 15) is 22.8 Å². The summed E-state index contributed by atoms with van der Waals surface area (Å²) < 4.78 is 42.3. The molecule has 0 fully saturated rings. The van der Waals surface area contributed by atoms with Crippen LogP contribution < -0.4 is 5.32 Å². The van der Waals surface area contributed by atoms with Crippen LogP contribution in [0, 0.1) is 0 Å². The maximum absolute atomic E-state index is 13.5. The number of hydrogen-bond acceptors (Lipinski definition) is 4. The van der Waals surface area contributed by atoms with Gasteiger partial charge in [0.15, 0.2) is 10.7 Å². The number of benzene rings is 2. The molecule has 1 aliphatic rings. The summed E-state index contributed by atoms with van der Waals surface area (Å²) in [6.45, 7) is 6.30. The number of halogens is 3. The zero-order valence-corrected chi connectivity index (χ0v) is 23.5. The number of hydrogen-bond donors (Lipinski definition) is 1. The Kier molecular flexibility index (Phi) is 7.48. The van der Waals surface area contributed by atoms with Gasteiger partial charge in [-0.15, -0.1) is 11.3 Å². The Bertz CT molecular complexity index is 1540. The van der Waals surface area contributed by atoms with Crippen LogP contribution in [0.25, 0.3) is 16.1 Å². The number of ketones is 1. The van der Waals surface area contributed by atoms with Crippen molar-refractivity contribution in [3.05, 3.63) is 82.1 Å². The van der Waals surface area contributed by atoms with Crippen molar-refractivity contribution >= 4 is 28.1 Å². The van der Waals surface area contributed by atoms with E-state index in [0.717, 1.165) is 28.4 Å². The third kappa shape index (κ3) is 6.06. The molecule has 0 unspecified atom stereocenters. The summed E-state index contributed by atoms with van der Waals surface area (Å²) in [7, 11) is 0. The number of imidazole rings is 1. The van der Waals surface area contributed by atoms with Crippen molar-refractivity contribution in [3.63, 3.8) is 0 Å². The highest BCUT2D eigenvalue weighted by Crippen LogP contribution is 2.37. The van der Waals surface area contributed by atoms with Crippen molar-refractivity contribution in [3.8, 4) is 11.1 Å². The molecular formula is C30H31F3N4O2S. The van der Waals surface area contributed by atoms with E-state index in [4.69, 9.17) is 0 Å². The van der Waals surface area contributed by atoms with Gasteiger partial charge in [0.1, 0.15) is 0 Å². The average molecular weight is 569 g/mol. The van der Waals surface area contributed by atoms with Gasteiger partial charge in [-0.1, -0.05) is 24.3 Å². The Balaban J connectivity index is 1.43. The van der Waals surface area contributed by atoms with Crippen molar-refractivity contribution in [1.29, 1.82) is 0 Å². The maximum Gasteiger partial charge on any atom is 0.416 e. The van der Waals surface area contributed by atoms with Crippen molar-refractivity contribution in [2.75, 3.05) is 6.54 Å². The van der Waals surface area contributed by atoms with Gasteiger partial charge in [-0.25, -0.2) is 9.78 Å². The van der Waals surface area contributed by atoms with Gasteiger partial charge >= 0.3 is 12.2 Å². The number of rotatable bonds is 6. The molecule has 0 saturated heterocycles. The van der Waals surface area contributed by atoms with Gasteiger partial charge in [0.05, 0.1) is 11.3 Å². The van der Waals surface area contributed by atoms with E-state index in [0.29, 0.717) is 54.5 Å². The molecule has 0 atom stereocenters. The van der Waals surface area contributed by atoms with Gasteiger partial charge in [-0.3, -0.25) is 9.20 Å². The molecule has 10 heteroatoms. The van der Waals surface area contributed by atoms with Crippen LogP contribution in [0.15, 0.2) is 54.2 Å². The minimum Gasteiger partial charge on any atom is -0.333 e. The lowest BCUT2D eigenvalue weighted by molar-refractivity contribution is -0.137. The van der Waals surface area contributed by atoms with Gasteiger partial charge in [0, 0.05) is 48.4 Å². The molecule has 2 amide bonds. The van der Waals surface area contributed by atoms with Crippen LogP contribution in [0.3, 0.4) is 0 Å². The second-order valence-electron chi connectivity index (χ2n) is 11.1. The quantitative estimate of drug-likeness (QED) is 0.251. The second-order valence-corrected chi connectivity index (χ2v) is 12.0. The molecule has 0 aliphatic carbocycles. The lowest BCUT2D eigenvalue weighted by Gasteiger charge is -2.34. The normalized spacial score (nSPS) is 13.9. The number of nitrogens with one attached hydrogen (secondary N) is 1. The number of carbonyl (C=O) groups is 2. The molecule has 1 aliphatic heterocycles. The first-order valence-electron chi connectivity index (χ1n) is 13.2. The smallest absolute Gasteiger partial charge is 0.333 e. The first-order chi connectivity index (χ1) is 18.9. The Hall–Kier alpha value is -3.66. The minimum atomic E-state index is -4.46. The van der Waals surface area contributed by atoms with Crippen LogP contribution in [-0.4, -0.2) is 38.2 Å². The number of alkyl halides is 3. The first kappa shape index (κ1) is 27.9. The van der Waals surface area contributed by atoms with Crippen molar-refractivity contribution < 1.29 is 22.8 Å². The Morgan fingerprint density at radius 1 is 1.10 bits per heavy atom. The van der Waals surface area contributed by atoms with Crippen LogP contribution in [0.4, 0.5) is 18.0 Å². The van der Waals surface area contributed by atoms with Crippen LogP contribution in [-0.2, 0) is 25.6 Å². The van der Waals surface area contributed by atoms with E-state index in [2.05, 4.69) is 10.3 Å². The largest absolute Gasteiger partial charge is 0.416 e. The summed E-state index contributed by atoms with van der Waals surface area (Å²) >= 11 is 1.55. The van der Waals surface area contributed by atoms with Gasteiger partial charge in [0.2, 0.25) is 0 Å². The third-order valence-corrected chi connectivity index (χ3v) is 7.73. The number of fused-ring (bicyclic) bond motifs is 2. The highest BCUT2D eigenvalue weighted by Gasteiger charge is 2.32. The summed E-state index contributed by atoms with van der Waals surface area (Å²) in [4.78, 5) is 33.6. The number of carbonyl (C=O) groups excluding carboxylic acids is 2. The number of amides is 2. The van der Waals surface area contributed by atoms with Gasteiger partial charge in [-0.2, -0.15) is 13.2 Å². The summed E-state index contributed by atoms with van der Waals surface area (Å²) in [5.41, 5.74) is 2.91. The molecular weight excluding hydrogens is 537 g/mol. The first-order valence-corrected chi connectivity index (χ1v) is 14.1. The number of Topliss-reactive ketones (excluding diaryl/α,β-unsaturated/α-hetero) is 1. The fourth-order valence-electron chi connectivity index (χ4n) is 5.11. The highest BCUT2D eigenvalue weighted by molar-refractivity contribution is 7.15. The van der Waals surface area contributed by atoms with Crippen LogP contribution in [0.2, 0.25) is 0 Å². The molecule has 6 nitrogen and oxygen atoms in total. The lowest BCUT2D eigenvalue weighted by atomic mass is 9.85. The molecule has 1 N–H and O–H groups in total. The predicted molar refractivity (Wildman–Crippen MR) is 150 cm³/mol. The van der Waals surface area contributed by atoms with Crippen molar-refractivity contribution in [2.45, 2.75) is 64.7 Å². The topological polar surface area (TPSA) is 66.7 Å². The van der Waals surface area contributed by atoms with Crippen LogP contribution >= 0.6 is 11.3 Å². The van der Waals surface area contributed by atoms with E-state index < -0.39 is 17.3 Å². The number of aromatic nitrogens is 2. The SMILES string of the molecule is CC(C)(C)NC(=O)N1CCc2c(-c3cccc(C(F)(F)F)c3)ccc(C(=O)CCCc3cn4ccsc4n3)c2C1.